The zero-order valence-corrected chi connectivity index (χ0v) is 8.91. The third kappa shape index (κ3) is 2.56. The van der Waals surface area contributed by atoms with Gasteiger partial charge in [0.1, 0.15) is 5.78 Å². The van der Waals surface area contributed by atoms with Crippen molar-refractivity contribution in [3.63, 3.8) is 0 Å². The van der Waals surface area contributed by atoms with E-state index in [9.17, 15) is 9.59 Å². The van der Waals surface area contributed by atoms with Crippen LogP contribution in [0.1, 0.15) is 39.5 Å². The lowest BCUT2D eigenvalue weighted by Gasteiger charge is -2.27. The van der Waals surface area contributed by atoms with Gasteiger partial charge in [0, 0.05) is 12.8 Å². The molecule has 3 heteroatoms. The lowest BCUT2D eigenvalue weighted by molar-refractivity contribution is -0.153. The van der Waals surface area contributed by atoms with Crippen LogP contribution in [0.25, 0.3) is 0 Å². The minimum atomic E-state index is -0.188. The molecule has 0 amide bonds. The molecule has 0 aromatic carbocycles. The zero-order chi connectivity index (χ0) is 10.6. The highest BCUT2D eigenvalue weighted by atomic mass is 16.5. The van der Waals surface area contributed by atoms with Crippen LogP contribution in [0.3, 0.4) is 0 Å². The summed E-state index contributed by atoms with van der Waals surface area (Å²) in [4.78, 5) is 22.8. The van der Waals surface area contributed by atoms with Crippen LogP contribution in [0, 0.1) is 11.8 Å². The molecule has 1 saturated carbocycles. The van der Waals surface area contributed by atoms with Crippen molar-refractivity contribution < 1.29 is 14.3 Å². The quantitative estimate of drug-likeness (QED) is 0.651. The van der Waals surface area contributed by atoms with Gasteiger partial charge >= 0.3 is 5.97 Å². The summed E-state index contributed by atoms with van der Waals surface area (Å²) in [6, 6.07) is 0. The van der Waals surface area contributed by atoms with Crippen LogP contribution in [0.2, 0.25) is 0 Å². The molecule has 0 saturated heterocycles. The average molecular weight is 198 g/mol. The molecule has 0 aliphatic heterocycles. The molecule has 1 rings (SSSR count). The Morgan fingerprint density at radius 2 is 2.21 bits per heavy atom. The molecule has 2 atom stereocenters. The highest BCUT2D eigenvalue weighted by Crippen LogP contribution is 2.31. The molecule has 0 radical (unpaired) electrons. The van der Waals surface area contributed by atoms with E-state index in [2.05, 4.69) is 6.92 Å². The predicted molar refractivity (Wildman–Crippen MR) is 52.8 cm³/mol. The SMILES string of the molecule is CCOC(=O)C1CC(=O)CCC1CC. The molecular weight excluding hydrogens is 180 g/mol. The van der Waals surface area contributed by atoms with Gasteiger partial charge in [0.05, 0.1) is 12.5 Å². The number of carbonyl (C=O) groups is 2. The minimum absolute atomic E-state index is 0.179. The van der Waals surface area contributed by atoms with Gasteiger partial charge in [-0.3, -0.25) is 9.59 Å². The Kier molecular flexibility index (Phi) is 4.11. The predicted octanol–water partition coefficient (Wildman–Crippen LogP) is 1.94. The van der Waals surface area contributed by atoms with Crippen LogP contribution in [-0.4, -0.2) is 18.4 Å². The van der Waals surface area contributed by atoms with Crippen molar-refractivity contribution in [3.05, 3.63) is 0 Å². The number of ketones is 1. The molecule has 2 unspecified atom stereocenters. The van der Waals surface area contributed by atoms with Crippen LogP contribution < -0.4 is 0 Å². The molecule has 1 aliphatic carbocycles. The average Bonchev–Trinajstić information content (AvgIpc) is 2.18. The van der Waals surface area contributed by atoms with Crippen LogP contribution >= 0.6 is 0 Å². The van der Waals surface area contributed by atoms with Crippen molar-refractivity contribution in [2.45, 2.75) is 39.5 Å². The number of carbonyl (C=O) groups excluding carboxylic acids is 2. The van der Waals surface area contributed by atoms with Gasteiger partial charge in [-0.2, -0.15) is 0 Å². The number of ether oxygens (including phenoxy) is 1. The van der Waals surface area contributed by atoms with E-state index in [4.69, 9.17) is 4.74 Å². The number of esters is 1. The van der Waals surface area contributed by atoms with Gasteiger partial charge in [0.25, 0.3) is 0 Å². The van der Waals surface area contributed by atoms with Crippen molar-refractivity contribution in [2.24, 2.45) is 11.8 Å². The summed E-state index contributed by atoms with van der Waals surface area (Å²) in [5.41, 5.74) is 0. The smallest absolute Gasteiger partial charge is 0.309 e. The molecule has 1 fully saturated rings. The number of rotatable bonds is 3. The monoisotopic (exact) mass is 198 g/mol. The molecule has 1 aliphatic rings. The van der Waals surface area contributed by atoms with Gasteiger partial charge in [-0.1, -0.05) is 13.3 Å². The Balaban J connectivity index is 2.60. The van der Waals surface area contributed by atoms with E-state index in [1.165, 1.54) is 0 Å². The summed E-state index contributed by atoms with van der Waals surface area (Å²) >= 11 is 0. The first-order valence-corrected chi connectivity index (χ1v) is 5.37. The highest BCUT2D eigenvalue weighted by molar-refractivity contribution is 5.85. The standard InChI is InChI=1S/C11H18O3/c1-3-8-5-6-9(12)7-10(8)11(13)14-4-2/h8,10H,3-7H2,1-2H3. The summed E-state index contributed by atoms with van der Waals surface area (Å²) in [6.07, 6.45) is 2.82. The number of hydrogen-bond acceptors (Lipinski definition) is 3. The van der Waals surface area contributed by atoms with Crippen LogP contribution in [0.5, 0.6) is 0 Å². The Bertz CT molecular complexity index is 223. The van der Waals surface area contributed by atoms with Gasteiger partial charge in [-0.05, 0) is 19.3 Å². The maximum absolute atomic E-state index is 11.5. The molecule has 3 nitrogen and oxygen atoms in total. The van der Waals surface area contributed by atoms with Gasteiger partial charge in [0.2, 0.25) is 0 Å². The molecule has 0 heterocycles. The molecule has 0 aromatic heterocycles. The van der Waals surface area contributed by atoms with Crippen LogP contribution in [-0.2, 0) is 14.3 Å². The molecule has 0 spiro atoms. The molecular formula is C11H18O3. The summed E-state index contributed by atoms with van der Waals surface area (Å²) in [5.74, 6) is 0.174. The largest absolute Gasteiger partial charge is 0.466 e. The molecule has 14 heavy (non-hydrogen) atoms. The van der Waals surface area contributed by atoms with Gasteiger partial charge < -0.3 is 4.74 Å². The fraction of sp³-hybridized carbons (Fsp3) is 0.818. The van der Waals surface area contributed by atoms with Crippen LogP contribution in [0.15, 0.2) is 0 Å². The Hall–Kier alpha value is -0.860. The summed E-state index contributed by atoms with van der Waals surface area (Å²) in [7, 11) is 0. The van der Waals surface area contributed by atoms with Crippen molar-refractivity contribution >= 4 is 11.8 Å². The highest BCUT2D eigenvalue weighted by Gasteiger charge is 2.34. The fourth-order valence-corrected chi connectivity index (χ4v) is 2.08. The minimum Gasteiger partial charge on any atom is -0.466 e. The van der Waals surface area contributed by atoms with Gasteiger partial charge in [-0.25, -0.2) is 0 Å². The van der Waals surface area contributed by atoms with E-state index in [-0.39, 0.29) is 17.7 Å². The first-order valence-electron chi connectivity index (χ1n) is 5.37. The molecule has 0 bridgehead atoms. The second-order valence-electron chi connectivity index (χ2n) is 3.81. The number of Topliss-reactive ketones (excluding diaryl/α,β-unsaturated/α-hetero) is 1. The second kappa shape index (κ2) is 5.13. The van der Waals surface area contributed by atoms with E-state index < -0.39 is 0 Å². The number of hydrogen-bond donors (Lipinski definition) is 0. The normalized spacial score (nSPS) is 27.4. The van der Waals surface area contributed by atoms with Crippen molar-refractivity contribution in [1.82, 2.24) is 0 Å². The van der Waals surface area contributed by atoms with E-state index in [0.29, 0.717) is 25.4 Å². The lowest BCUT2D eigenvalue weighted by atomic mass is 9.77. The maximum Gasteiger partial charge on any atom is 0.309 e. The molecule has 0 N–H and O–H groups in total. The molecule has 0 aromatic rings. The third-order valence-corrected chi connectivity index (χ3v) is 2.92. The van der Waals surface area contributed by atoms with E-state index in [1.807, 2.05) is 0 Å². The summed E-state index contributed by atoms with van der Waals surface area (Å²) in [6.45, 7) is 4.26. The van der Waals surface area contributed by atoms with Gasteiger partial charge in [0.15, 0.2) is 0 Å². The molecule has 80 valence electrons. The summed E-state index contributed by atoms with van der Waals surface area (Å²) in [5, 5.41) is 0. The van der Waals surface area contributed by atoms with E-state index >= 15 is 0 Å². The third-order valence-electron chi connectivity index (χ3n) is 2.92. The maximum atomic E-state index is 11.5. The van der Waals surface area contributed by atoms with E-state index in [1.54, 1.807) is 6.92 Å². The lowest BCUT2D eigenvalue weighted by Crippen LogP contribution is -2.32. The van der Waals surface area contributed by atoms with Crippen molar-refractivity contribution in [3.8, 4) is 0 Å². The van der Waals surface area contributed by atoms with Crippen LogP contribution in [0.4, 0.5) is 0 Å². The van der Waals surface area contributed by atoms with Gasteiger partial charge in [-0.15, -0.1) is 0 Å². The van der Waals surface area contributed by atoms with Crippen molar-refractivity contribution in [1.29, 1.82) is 0 Å². The summed E-state index contributed by atoms with van der Waals surface area (Å²) < 4.78 is 4.97. The zero-order valence-electron chi connectivity index (χ0n) is 8.91. The Labute approximate surface area is 84.8 Å². The van der Waals surface area contributed by atoms with Crippen molar-refractivity contribution in [2.75, 3.05) is 6.61 Å². The fourth-order valence-electron chi connectivity index (χ4n) is 2.08. The second-order valence-corrected chi connectivity index (χ2v) is 3.81. The van der Waals surface area contributed by atoms with E-state index in [0.717, 1.165) is 12.8 Å². The Morgan fingerprint density at radius 3 is 2.79 bits per heavy atom. The topological polar surface area (TPSA) is 43.4 Å². The first-order chi connectivity index (χ1) is 6.69. The first kappa shape index (κ1) is 11.2. The Morgan fingerprint density at radius 1 is 1.50 bits per heavy atom.